The Bertz CT molecular complexity index is 315. The van der Waals surface area contributed by atoms with Gasteiger partial charge in [-0.25, -0.2) is 0 Å². The third-order valence-corrected chi connectivity index (χ3v) is 3.58. The highest BCUT2D eigenvalue weighted by Gasteiger charge is 2.34. The molecule has 0 amide bonds. The second-order valence-electron chi connectivity index (χ2n) is 5.49. The molecule has 0 heterocycles. The van der Waals surface area contributed by atoms with Gasteiger partial charge in [0.2, 0.25) is 0 Å². The Morgan fingerprint density at radius 1 is 1.20 bits per heavy atom. The van der Waals surface area contributed by atoms with E-state index in [0.29, 0.717) is 11.3 Å². The van der Waals surface area contributed by atoms with Crippen LogP contribution in [-0.2, 0) is 0 Å². The lowest BCUT2D eigenvalue weighted by Gasteiger charge is -2.38. The maximum atomic E-state index is 10.1. The standard InChI is InChI=1S/C14H20O/c1-14(2)9-8-13(15)12(10-14)11-6-4-3-5-7-11/h3-7,12-13,15H,8-10H2,1-2H3. The number of benzene rings is 1. The van der Waals surface area contributed by atoms with Gasteiger partial charge in [0.05, 0.1) is 6.10 Å². The molecular weight excluding hydrogens is 184 g/mol. The van der Waals surface area contributed by atoms with Gasteiger partial charge < -0.3 is 5.11 Å². The Kier molecular flexibility index (Phi) is 2.83. The molecule has 1 aromatic carbocycles. The summed E-state index contributed by atoms with van der Waals surface area (Å²) in [5, 5.41) is 10.1. The van der Waals surface area contributed by atoms with Crippen LogP contribution in [0.1, 0.15) is 44.6 Å². The van der Waals surface area contributed by atoms with Crippen molar-refractivity contribution in [3.63, 3.8) is 0 Å². The average molecular weight is 204 g/mol. The first kappa shape index (κ1) is 10.7. The summed E-state index contributed by atoms with van der Waals surface area (Å²) in [6, 6.07) is 10.4. The minimum atomic E-state index is -0.152. The first-order valence-corrected chi connectivity index (χ1v) is 5.81. The van der Waals surface area contributed by atoms with E-state index >= 15 is 0 Å². The van der Waals surface area contributed by atoms with Crippen LogP contribution in [0, 0.1) is 5.41 Å². The lowest BCUT2D eigenvalue weighted by Crippen LogP contribution is -2.31. The van der Waals surface area contributed by atoms with E-state index in [1.54, 1.807) is 0 Å². The van der Waals surface area contributed by atoms with E-state index in [2.05, 4.69) is 38.1 Å². The number of aliphatic hydroxyl groups is 1. The van der Waals surface area contributed by atoms with E-state index in [9.17, 15) is 5.11 Å². The molecule has 0 spiro atoms. The van der Waals surface area contributed by atoms with Gasteiger partial charge in [0.25, 0.3) is 0 Å². The van der Waals surface area contributed by atoms with Gasteiger partial charge in [-0.15, -0.1) is 0 Å². The summed E-state index contributed by atoms with van der Waals surface area (Å²) in [6.07, 6.45) is 3.02. The molecule has 1 fully saturated rings. The molecule has 0 bridgehead atoms. The van der Waals surface area contributed by atoms with Gasteiger partial charge in [0.15, 0.2) is 0 Å². The van der Waals surface area contributed by atoms with Crippen molar-refractivity contribution in [3.8, 4) is 0 Å². The molecule has 1 N–H and O–H groups in total. The van der Waals surface area contributed by atoms with Crippen molar-refractivity contribution >= 4 is 0 Å². The lowest BCUT2D eigenvalue weighted by molar-refractivity contribution is 0.0564. The van der Waals surface area contributed by atoms with Crippen LogP contribution in [0.2, 0.25) is 0 Å². The summed E-state index contributed by atoms with van der Waals surface area (Å²) in [6.45, 7) is 4.60. The molecule has 0 saturated heterocycles. The third kappa shape index (κ3) is 2.40. The van der Waals surface area contributed by atoms with Gasteiger partial charge in [-0.3, -0.25) is 0 Å². The van der Waals surface area contributed by atoms with Crippen molar-refractivity contribution in [1.82, 2.24) is 0 Å². The Balaban J connectivity index is 2.20. The van der Waals surface area contributed by atoms with Gasteiger partial charge >= 0.3 is 0 Å². The van der Waals surface area contributed by atoms with Gasteiger partial charge in [0.1, 0.15) is 0 Å². The summed E-state index contributed by atoms with van der Waals surface area (Å²) in [7, 11) is 0. The van der Waals surface area contributed by atoms with Crippen molar-refractivity contribution in [2.75, 3.05) is 0 Å². The molecule has 2 atom stereocenters. The second kappa shape index (κ2) is 3.97. The summed E-state index contributed by atoms with van der Waals surface area (Å²) < 4.78 is 0. The first-order valence-electron chi connectivity index (χ1n) is 5.81. The Labute approximate surface area is 92.1 Å². The Hall–Kier alpha value is -0.820. The molecular formula is C14H20O. The van der Waals surface area contributed by atoms with Crippen LogP contribution in [0.5, 0.6) is 0 Å². The average Bonchev–Trinajstić information content (AvgIpc) is 2.23. The highest BCUT2D eigenvalue weighted by Crippen LogP contribution is 2.43. The zero-order chi connectivity index (χ0) is 10.9. The molecule has 0 aromatic heterocycles. The Morgan fingerprint density at radius 3 is 2.53 bits per heavy atom. The topological polar surface area (TPSA) is 20.2 Å². The van der Waals surface area contributed by atoms with Gasteiger partial charge in [-0.05, 0) is 30.2 Å². The molecule has 15 heavy (non-hydrogen) atoms. The number of aliphatic hydroxyl groups excluding tert-OH is 1. The van der Waals surface area contributed by atoms with Crippen LogP contribution in [-0.4, -0.2) is 11.2 Å². The van der Waals surface area contributed by atoms with Crippen molar-refractivity contribution in [3.05, 3.63) is 35.9 Å². The molecule has 1 aliphatic rings. The highest BCUT2D eigenvalue weighted by molar-refractivity contribution is 5.21. The molecule has 0 radical (unpaired) electrons. The normalized spacial score (nSPS) is 30.1. The SMILES string of the molecule is CC1(C)CCC(O)C(c2ccccc2)C1. The monoisotopic (exact) mass is 204 g/mol. The lowest BCUT2D eigenvalue weighted by atomic mass is 9.69. The molecule has 1 nitrogen and oxygen atoms in total. The van der Waals surface area contributed by atoms with Gasteiger partial charge in [-0.2, -0.15) is 0 Å². The smallest absolute Gasteiger partial charge is 0.0609 e. The van der Waals surface area contributed by atoms with Crippen LogP contribution < -0.4 is 0 Å². The van der Waals surface area contributed by atoms with Crippen LogP contribution in [0.25, 0.3) is 0 Å². The van der Waals surface area contributed by atoms with Crippen molar-refractivity contribution < 1.29 is 5.11 Å². The molecule has 82 valence electrons. The molecule has 1 heteroatoms. The summed E-state index contributed by atoms with van der Waals surface area (Å²) >= 11 is 0. The molecule has 1 aliphatic carbocycles. The fourth-order valence-corrected chi connectivity index (χ4v) is 2.61. The Morgan fingerprint density at radius 2 is 1.87 bits per heavy atom. The third-order valence-electron chi connectivity index (χ3n) is 3.58. The maximum Gasteiger partial charge on any atom is 0.0609 e. The van der Waals surface area contributed by atoms with E-state index in [4.69, 9.17) is 0 Å². The van der Waals surface area contributed by atoms with Gasteiger partial charge in [-0.1, -0.05) is 44.2 Å². The van der Waals surface area contributed by atoms with Crippen molar-refractivity contribution in [2.45, 2.75) is 45.1 Å². The molecule has 2 rings (SSSR count). The highest BCUT2D eigenvalue weighted by atomic mass is 16.3. The van der Waals surface area contributed by atoms with Gasteiger partial charge in [0, 0.05) is 5.92 Å². The van der Waals surface area contributed by atoms with Crippen LogP contribution in [0.3, 0.4) is 0 Å². The van der Waals surface area contributed by atoms with Crippen LogP contribution in [0.15, 0.2) is 30.3 Å². The first-order chi connectivity index (χ1) is 7.08. The van der Waals surface area contributed by atoms with Crippen LogP contribution in [0.4, 0.5) is 0 Å². The second-order valence-corrected chi connectivity index (χ2v) is 5.49. The minimum Gasteiger partial charge on any atom is -0.392 e. The summed E-state index contributed by atoms with van der Waals surface area (Å²) in [5.74, 6) is 0.329. The maximum absolute atomic E-state index is 10.1. The summed E-state index contributed by atoms with van der Waals surface area (Å²) in [5.41, 5.74) is 1.66. The van der Waals surface area contributed by atoms with Crippen molar-refractivity contribution in [2.24, 2.45) is 5.41 Å². The van der Waals surface area contributed by atoms with E-state index < -0.39 is 0 Å². The predicted molar refractivity (Wildman–Crippen MR) is 62.8 cm³/mol. The number of rotatable bonds is 1. The van der Waals surface area contributed by atoms with E-state index in [1.807, 2.05) is 6.07 Å². The fourth-order valence-electron chi connectivity index (χ4n) is 2.61. The zero-order valence-corrected chi connectivity index (χ0v) is 9.61. The van der Waals surface area contributed by atoms with E-state index in [1.165, 1.54) is 5.56 Å². The van der Waals surface area contributed by atoms with E-state index in [-0.39, 0.29) is 6.10 Å². The quantitative estimate of drug-likeness (QED) is 0.744. The van der Waals surface area contributed by atoms with Crippen LogP contribution >= 0.6 is 0 Å². The largest absolute Gasteiger partial charge is 0.392 e. The minimum absolute atomic E-state index is 0.152. The molecule has 1 saturated carbocycles. The van der Waals surface area contributed by atoms with Crippen molar-refractivity contribution in [1.29, 1.82) is 0 Å². The number of hydrogen-bond acceptors (Lipinski definition) is 1. The molecule has 2 unspecified atom stereocenters. The van der Waals surface area contributed by atoms with E-state index in [0.717, 1.165) is 19.3 Å². The zero-order valence-electron chi connectivity index (χ0n) is 9.61. The predicted octanol–water partition coefficient (Wildman–Crippen LogP) is 3.34. The summed E-state index contributed by atoms with van der Waals surface area (Å²) in [4.78, 5) is 0. The molecule has 1 aromatic rings. The number of hydrogen-bond donors (Lipinski definition) is 1. The molecule has 0 aliphatic heterocycles. The fraction of sp³-hybridized carbons (Fsp3) is 0.571.